The first-order chi connectivity index (χ1) is 16.2. The number of aromatic nitrogens is 3. The number of thioether (sulfide) groups is 1. The quantitative estimate of drug-likeness (QED) is 0.207. The Bertz CT molecular complexity index is 1240. The van der Waals surface area contributed by atoms with E-state index in [-0.39, 0.29) is 5.78 Å². The van der Waals surface area contributed by atoms with Crippen molar-refractivity contribution in [3.05, 3.63) is 101 Å². The maximum atomic E-state index is 13.6. The molecule has 5 rings (SSSR count). The maximum Gasteiger partial charge on any atom is 0.192 e. The molecule has 166 valence electrons. The number of benzene rings is 3. The molecular formula is C27H24ClN3OS. The van der Waals surface area contributed by atoms with E-state index in [1.807, 2.05) is 84.9 Å². The molecule has 1 heterocycles. The standard InChI is InChI=1S/C27H24ClN3OS/c28-23-18-10-9-17-22(23)26-29-30-27(31(26)21-15-7-8-16-21)33-25(20-13-5-2-6-14-20)24(32)19-11-3-1-4-12-19/h1-6,9-14,17-18,21,25H,7-8,15-16H2/t25-/m0/s1. The first-order valence-electron chi connectivity index (χ1n) is 11.2. The van der Waals surface area contributed by atoms with Gasteiger partial charge in [-0.3, -0.25) is 9.36 Å². The number of nitrogens with zero attached hydrogens (tertiary/aromatic N) is 3. The monoisotopic (exact) mass is 473 g/mol. The van der Waals surface area contributed by atoms with Crippen LogP contribution in [0.15, 0.2) is 90.1 Å². The average molecular weight is 474 g/mol. The molecule has 0 aliphatic heterocycles. The second-order valence-electron chi connectivity index (χ2n) is 8.23. The fourth-order valence-corrected chi connectivity index (χ4v) is 5.84. The lowest BCUT2D eigenvalue weighted by Gasteiger charge is -2.20. The van der Waals surface area contributed by atoms with E-state index in [1.165, 1.54) is 24.6 Å². The van der Waals surface area contributed by atoms with E-state index in [0.29, 0.717) is 16.6 Å². The summed E-state index contributed by atoms with van der Waals surface area (Å²) in [5.41, 5.74) is 2.52. The Kier molecular flexibility index (Phi) is 6.60. The van der Waals surface area contributed by atoms with Crippen LogP contribution in [0.2, 0.25) is 5.02 Å². The zero-order valence-corrected chi connectivity index (χ0v) is 19.7. The molecular weight excluding hydrogens is 450 g/mol. The molecule has 6 heteroatoms. The highest BCUT2D eigenvalue weighted by molar-refractivity contribution is 8.00. The van der Waals surface area contributed by atoms with Crippen molar-refractivity contribution in [3.8, 4) is 11.4 Å². The Labute approximate surface area is 203 Å². The van der Waals surface area contributed by atoms with E-state index in [1.54, 1.807) is 0 Å². The summed E-state index contributed by atoms with van der Waals surface area (Å²) in [5.74, 6) is 0.834. The summed E-state index contributed by atoms with van der Waals surface area (Å²) in [6.45, 7) is 0. The van der Waals surface area contributed by atoms with Crippen LogP contribution in [0.1, 0.15) is 52.9 Å². The number of hydrogen-bond donors (Lipinski definition) is 0. The zero-order chi connectivity index (χ0) is 22.6. The lowest BCUT2D eigenvalue weighted by Crippen LogP contribution is -2.13. The van der Waals surface area contributed by atoms with E-state index in [0.717, 1.165) is 34.9 Å². The smallest absolute Gasteiger partial charge is 0.192 e. The molecule has 3 aromatic carbocycles. The van der Waals surface area contributed by atoms with Crippen molar-refractivity contribution < 1.29 is 4.79 Å². The second kappa shape index (κ2) is 9.94. The van der Waals surface area contributed by atoms with Crippen LogP contribution in [0.3, 0.4) is 0 Å². The van der Waals surface area contributed by atoms with Crippen molar-refractivity contribution in [2.45, 2.75) is 42.1 Å². The predicted octanol–water partition coefficient (Wildman–Crippen LogP) is 7.43. The van der Waals surface area contributed by atoms with Gasteiger partial charge in [0.1, 0.15) is 5.25 Å². The van der Waals surface area contributed by atoms with Gasteiger partial charge in [-0.1, -0.05) is 109 Å². The molecule has 0 saturated heterocycles. The molecule has 1 aliphatic rings. The lowest BCUT2D eigenvalue weighted by atomic mass is 10.0. The highest BCUT2D eigenvalue weighted by Gasteiger charge is 2.30. The largest absolute Gasteiger partial charge is 0.299 e. The Morgan fingerprint density at radius 3 is 2.21 bits per heavy atom. The molecule has 0 N–H and O–H groups in total. The zero-order valence-electron chi connectivity index (χ0n) is 18.1. The van der Waals surface area contributed by atoms with Crippen LogP contribution in [-0.2, 0) is 0 Å². The molecule has 0 amide bonds. The molecule has 0 bridgehead atoms. The molecule has 0 unspecified atom stereocenters. The predicted molar refractivity (Wildman–Crippen MR) is 134 cm³/mol. The minimum atomic E-state index is -0.419. The van der Waals surface area contributed by atoms with Gasteiger partial charge in [0.25, 0.3) is 0 Å². The van der Waals surface area contributed by atoms with Crippen LogP contribution in [0.4, 0.5) is 0 Å². The van der Waals surface area contributed by atoms with E-state index < -0.39 is 5.25 Å². The van der Waals surface area contributed by atoms with Gasteiger partial charge in [-0.2, -0.15) is 0 Å². The molecule has 1 atom stereocenters. The van der Waals surface area contributed by atoms with Gasteiger partial charge in [0.05, 0.1) is 5.02 Å². The van der Waals surface area contributed by atoms with Crippen LogP contribution in [0.5, 0.6) is 0 Å². The summed E-state index contributed by atoms with van der Waals surface area (Å²) in [7, 11) is 0. The Morgan fingerprint density at radius 1 is 0.879 bits per heavy atom. The third-order valence-electron chi connectivity index (χ3n) is 6.09. The number of Topliss-reactive ketones (excluding diaryl/α,β-unsaturated/α-hetero) is 1. The minimum Gasteiger partial charge on any atom is -0.299 e. The molecule has 0 spiro atoms. The van der Waals surface area contributed by atoms with E-state index >= 15 is 0 Å². The van der Waals surface area contributed by atoms with Gasteiger partial charge in [0, 0.05) is 17.2 Å². The molecule has 0 radical (unpaired) electrons. The summed E-state index contributed by atoms with van der Waals surface area (Å²) >= 11 is 8.01. The number of halogens is 1. The number of carbonyl (C=O) groups is 1. The maximum absolute atomic E-state index is 13.6. The normalized spacial score (nSPS) is 14.9. The van der Waals surface area contributed by atoms with E-state index in [9.17, 15) is 4.79 Å². The number of carbonyl (C=O) groups excluding carboxylic acids is 1. The van der Waals surface area contributed by atoms with Crippen molar-refractivity contribution in [2.75, 3.05) is 0 Å². The number of rotatable bonds is 7. The highest BCUT2D eigenvalue weighted by Crippen LogP contribution is 2.43. The summed E-state index contributed by atoms with van der Waals surface area (Å²) in [5, 5.41) is 10.1. The Morgan fingerprint density at radius 2 is 1.52 bits per heavy atom. The number of ketones is 1. The molecule has 1 aliphatic carbocycles. The summed E-state index contributed by atoms with van der Waals surface area (Å²) in [4.78, 5) is 13.6. The molecule has 1 fully saturated rings. The van der Waals surface area contributed by atoms with Crippen molar-refractivity contribution in [1.29, 1.82) is 0 Å². The minimum absolute atomic E-state index is 0.0621. The SMILES string of the molecule is O=C(c1ccccc1)[C@@H](Sc1nnc(-c2ccccc2Cl)n1C1CCCC1)c1ccccc1. The van der Waals surface area contributed by atoms with Gasteiger partial charge in [-0.15, -0.1) is 10.2 Å². The van der Waals surface area contributed by atoms with Crippen molar-refractivity contribution in [2.24, 2.45) is 0 Å². The lowest BCUT2D eigenvalue weighted by molar-refractivity contribution is 0.0989. The van der Waals surface area contributed by atoms with E-state index in [4.69, 9.17) is 11.6 Å². The molecule has 33 heavy (non-hydrogen) atoms. The van der Waals surface area contributed by atoms with Gasteiger partial charge in [0.15, 0.2) is 16.8 Å². The van der Waals surface area contributed by atoms with Gasteiger partial charge >= 0.3 is 0 Å². The van der Waals surface area contributed by atoms with Gasteiger partial charge < -0.3 is 0 Å². The van der Waals surface area contributed by atoms with Crippen LogP contribution >= 0.6 is 23.4 Å². The molecule has 4 nitrogen and oxygen atoms in total. The van der Waals surface area contributed by atoms with Gasteiger partial charge in [-0.05, 0) is 30.5 Å². The fourth-order valence-electron chi connectivity index (χ4n) is 4.44. The summed E-state index contributed by atoms with van der Waals surface area (Å²) < 4.78 is 2.22. The molecule has 4 aromatic rings. The van der Waals surface area contributed by atoms with Gasteiger partial charge in [0.2, 0.25) is 0 Å². The molecule has 1 saturated carbocycles. The third kappa shape index (κ3) is 4.61. The van der Waals surface area contributed by atoms with Crippen molar-refractivity contribution in [1.82, 2.24) is 14.8 Å². The van der Waals surface area contributed by atoms with Crippen LogP contribution in [-0.4, -0.2) is 20.5 Å². The van der Waals surface area contributed by atoms with Crippen LogP contribution in [0, 0.1) is 0 Å². The Balaban J connectivity index is 1.58. The van der Waals surface area contributed by atoms with Crippen molar-refractivity contribution in [3.63, 3.8) is 0 Å². The second-order valence-corrected chi connectivity index (χ2v) is 9.71. The van der Waals surface area contributed by atoms with E-state index in [2.05, 4.69) is 14.8 Å². The average Bonchev–Trinajstić information content (AvgIpc) is 3.53. The molecule has 1 aromatic heterocycles. The Hall–Kier alpha value is -2.89. The first kappa shape index (κ1) is 21.9. The topological polar surface area (TPSA) is 47.8 Å². The highest BCUT2D eigenvalue weighted by atomic mass is 35.5. The fraction of sp³-hybridized carbons (Fsp3) is 0.222. The first-order valence-corrected chi connectivity index (χ1v) is 12.5. The van der Waals surface area contributed by atoms with Gasteiger partial charge in [-0.25, -0.2) is 0 Å². The van der Waals surface area contributed by atoms with Crippen LogP contribution < -0.4 is 0 Å². The summed E-state index contributed by atoms with van der Waals surface area (Å²) in [6.07, 6.45) is 4.51. The number of hydrogen-bond acceptors (Lipinski definition) is 4. The van der Waals surface area contributed by atoms with Crippen molar-refractivity contribution >= 4 is 29.1 Å². The van der Waals surface area contributed by atoms with Crippen LogP contribution in [0.25, 0.3) is 11.4 Å². The third-order valence-corrected chi connectivity index (χ3v) is 7.63. The summed E-state index contributed by atoms with van der Waals surface area (Å²) in [6, 6.07) is 27.4.